The van der Waals surface area contributed by atoms with Crippen LogP contribution in [0.1, 0.15) is 15.9 Å². The van der Waals surface area contributed by atoms with Crippen LogP contribution in [0, 0.1) is 23.0 Å². The van der Waals surface area contributed by atoms with Crippen LogP contribution in [0.5, 0.6) is 5.75 Å². The Morgan fingerprint density at radius 1 is 1.07 bits per heavy atom. The lowest BCUT2D eigenvalue weighted by atomic mass is 10.1. The van der Waals surface area contributed by atoms with Gasteiger partial charge in [0.2, 0.25) is 0 Å². The molecule has 0 aromatic heterocycles. The summed E-state index contributed by atoms with van der Waals surface area (Å²) in [5.74, 6) is -2.39. The van der Waals surface area contributed by atoms with Gasteiger partial charge in [-0.1, -0.05) is 6.07 Å². The van der Waals surface area contributed by atoms with Crippen LogP contribution in [0.15, 0.2) is 70.5 Å². The standard InChI is InChI=1S/C21H14F2N2O3S/c1-28-15-6-8-16(9-7-15)29(27)19-10-5-14(11-13(19)12-24)25-21(26)20-17(22)3-2-4-18(20)23/h2-11H,1H3,(H,25,26)/t29-/m1/s1. The molecular formula is C21H14F2N2O3S. The zero-order valence-electron chi connectivity index (χ0n) is 15.1. The van der Waals surface area contributed by atoms with E-state index in [4.69, 9.17) is 4.74 Å². The highest BCUT2D eigenvalue weighted by Gasteiger charge is 2.18. The largest absolute Gasteiger partial charge is 0.497 e. The number of nitrogens with zero attached hydrogens (tertiary/aromatic N) is 1. The van der Waals surface area contributed by atoms with Crippen molar-refractivity contribution in [3.05, 3.63) is 83.4 Å². The number of rotatable bonds is 5. The zero-order valence-corrected chi connectivity index (χ0v) is 15.9. The fourth-order valence-electron chi connectivity index (χ4n) is 2.59. The van der Waals surface area contributed by atoms with Crippen molar-refractivity contribution < 1.29 is 22.5 Å². The molecule has 5 nitrogen and oxygen atoms in total. The average Bonchev–Trinajstić information content (AvgIpc) is 2.73. The van der Waals surface area contributed by atoms with E-state index >= 15 is 0 Å². The molecule has 1 amide bonds. The number of carbonyl (C=O) groups excluding carboxylic acids is 1. The van der Waals surface area contributed by atoms with Gasteiger partial charge < -0.3 is 10.1 Å². The summed E-state index contributed by atoms with van der Waals surface area (Å²) < 4.78 is 45.4. The summed E-state index contributed by atoms with van der Waals surface area (Å²) in [5.41, 5.74) is -0.521. The van der Waals surface area contributed by atoms with E-state index in [9.17, 15) is 23.0 Å². The van der Waals surface area contributed by atoms with Gasteiger partial charge in [0, 0.05) is 10.6 Å². The highest BCUT2D eigenvalue weighted by atomic mass is 32.2. The normalized spacial score (nSPS) is 11.4. The van der Waals surface area contributed by atoms with Crippen LogP contribution in [-0.2, 0) is 10.8 Å². The van der Waals surface area contributed by atoms with Crippen LogP contribution in [-0.4, -0.2) is 17.2 Å². The number of methoxy groups -OCH3 is 1. The molecule has 3 aromatic carbocycles. The lowest BCUT2D eigenvalue weighted by molar-refractivity contribution is 0.101. The summed E-state index contributed by atoms with van der Waals surface area (Å²) in [6.07, 6.45) is 0. The molecule has 0 unspecified atom stereocenters. The Bertz CT molecular complexity index is 1120. The second-order valence-corrected chi connectivity index (χ2v) is 7.27. The van der Waals surface area contributed by atoms with Gasteiger partial charge in [-0.15, -0.1) is 0 Å². The molecule has 1 atom stereocenters. The predicted molar refractivity (Wildman–Crippen MR) is 103 cm³/mol. The summed E-state index contributed by atoms with van der Waals surface area (Å²) in [5, 5.41) is 11.8. The molecule has 0 saturated carbocycles. The number of benzene rings is 3. The monoisotopic (exact) mass is 412 g/mol. The topological polar surface area (TPSA) is 79.2 Å². The Labute approximate surface area is 168 Å². The third kappa shape index (κ3) is 4.31. The minimum Gasteiger partial charge on any atom is -0.497 e. The van der Waals surface area contributed by atoms with Crippen molar-refractivity contribution in [2.75, 3.05) is 12.4 Å². The van der Waals surface area contributed by atoms with Crippen LogP contribution in [0.3, 0.4) is 0 Å². The third-order valence-corrected chi connectivity index (χ3v) is 5.48. The van der Waals surface area contributed by atoms with Gasteiger partial charge in [0.1, 0.15) is 29.0 Å². The minimum absolute atomic E-state index is 0.0611. The van der Waals surface area contributed by atoms with E-state index in [0.717, 1.165) is 18.2 Å². The molecule has 0 aliphatic heterocycles. The van der Waals surface area contributed by atoms with E-state index in [1.165, 1.54) is 25.3 Å². The molecule has 3 aromatic rings. The summed E-state index contributed by atoms with van der Waals surface area (Å²) >= 11 is 0. The van der Waals surface area contributed by atoms with E-state index < -0.39 is 33.9 Å². The molecule has 0 saturated heterocycles. The van der Waals surface area contributed by atoms with Crippen LogP contribution in [0.25, 0.3) is 0 Å². The highest BCUT2D eigenvalue weighted by Crippen LogP contribution is 2.25. The number of hydrogen-bond acceptors (Lipinski definition) is 4. The fourth-order valence-corrected chi connectivity index (χ4v) is 3.72. The van der Waals surface area contributed by atoms with Gasteiger partial charge in [0.05, 0.1) is 28.4 Å². The van der Waals surface area contributed by atoms with Crippen LogP contribution in [0.2, 0.25) is 0 Å². The molecule has 0 aliphatic rings. The zero-order chi connectivity index (χ0) is 21.0. The van der Waals surface area contributed by atoms with Gasteiger partial charge in [-0.3, -0.25) is 4.79 Å². The number of nitriles is 1. The fraction of sp³-hybridized carbons (Fsp3) is 0.0476. The maximum Gasteiger partial charge on any atom is 0.261 e. The van der Waals surface area contributed by atoms with Crippen molar-refractivity contribution in [3.8, 4) is 11.8 Å². The maximum atomic E-state index is 13.8. The SMILES string of the molecule is COc1ccc([S@@](=O)c2ccc(NC(=O)c3c(F)cccc3F)cc2C#N)cc1. The molecule has 8 heteroatoms. The summed E-state index contributed by atoms with van der Waals surface area (Å²) in [7, 11) is -0.130. The van der Waals surface area contributed by atoms with Crippen LogP contribution >= 0.6 is 0 Å². The van der Waals surface area contributed by atoms with Crippen molar-refractivity contribution in [2.24, 2.45) is 0 Å². The number of carbonyl (C=O) groups is 1. The Balaban J connectivity index is 1.88. The average molecular weight is 412 g/mol. The van der Waals surface area contributed by atoms with Crippen LogP contribution < -0.4 is 10.1 Å². The van der Waals surface area contributed by atoms with Gasteiger partial charge in [0.25, 0.3) is 5.91 Å². The third-order valence-electron chi connectivity index (χ3n) is 4.02. The number of nitrogens with one attached hydrogen (secondary N) is 1. The molecular weight excluding hydrogens is 398 g/mol. The first-order valence-corrected chi connectivity index (χ1v) is 9.45. The van der Waals surface area contributed by atoms with Crippen molar-refractivity contribution >= 4 is 22.4 Å². The minimum atomic E-state index is -1.64. The summed E-state index contributed by atoms with van der Waals surface area (Å²) in [4.78, 5) is 12.9. The number of ether oxygens (including phenoxy) is 1. The highest BCUT2D eigenvalue weighted by molar-refractivity contribution is 7.85. The quantitative estimate of drug-likeness (QED) is 0.679. The molecule has 29 heavy (non-hydrogen) atoms. The number of amides is 1. The molecule has 0 spiro atoms. The number of hydrogen-bond donors (Lipinski definition) is 1. The molecule has 0 radical (unpaired) electrons. The molecule has 146 valence electrons. The Morgan fingerprint density at radius 3 is 2.31 bits per heavy atom. The Kier molecular flexibility index (Phi) is 6.00. The smallest absolute Gasteiger partial charge is 0.261 e. The first-order valence-electron chi connectivity index (χ1n) is 8.30. The van der Waals surface area contributed by atoms with Crippen LogP contribution in [0.4, 0.5) is 14.5 Å². The maximum absolute atomic E-state index is 13.8. The van der Waals surface area contributed by atoms with Gasteiger partial charge >= 0.3 is 0 Å². The van der Waals surface area contributed by atoms with E-state index in [1.807, 2.05) is 6.07 Å². The van der Waals surface area contributed by atoms with Crippen molar-refractivity contribution in [2.45, 2.75) is 9.79 Å². The van der Waals surface area contributed by atoms with Gasteiger partial charge in [-0.2, -0.15) is 5.26 Å². The van der Waals surface area contributed by atoms with Crippen molar-refractivity contribution in [1.82, 2.24) is 0 Å². The second kappa shape index (κ2) is 8.63. The van der Waals surface area contributed by atoms with E-state index in [0.29, 0.717) is 10.6 Å². The van der Waals surface area contributed by atoms with Gasteiger partial charge in [-0.25, -0.2) is 13.0 Å². The van der Waals surface area contributed by atoms with Gasteiger partial charge in [-0.05, 0) is 54.6 Å². The van der Waals surface area contributed by atoms with Gasteiger partial charge in [0.15, 0.2) is 0 Å². The second-order valence-electron chi connectivity index (χ2n) is 5.82. The molecule has 1 N–H and O–H groups in total. The number of halogens is 2. The molecule has 0 heterocycles. The number of anilines is 1. The van der Waals surface area contributed by atoms with Crippen molar-refractivity contribution in [1.29, 1.82) is 5.26 Å². The summed E-state index contributed by atoms with van der Waals surface area (Å²) in [6, 6.07) is 15.7. The Hall–Kier alpha value is -3.57. The van der Waals surface area contributed by atoms with E-state index in [-0.39, 0.29) is 16.1 Å². The predicted octanol–water partition coefficient (Wildman–Crippen LogP) is 4.26. The first kappa shape index (κ1) is 20.2. The molecule has 0 bridgehead atoms. The van der Waals surface area contributed by atoms with E-state index in [2.05, 4.69) is 5.32 Å². The Morgan fingerprint density at radius 2 is 1.72 bits per heavy atom. The first-order chi connectivity index (χ1) is 13.9. The molecule has 3 rings (SSSR count). The summed E-state index contributed by atoms with van der Waals surface area (Å²) in [6.45, 7) is 0. The van der Waals surface area contributed by atoms with E-state index in [1.54, 1.807) is 24.3 Å². The van der Waals surface area contributed by atoms with Crippen molar-refractivity contribution in [3.63, 3.8) is 0 Å². The molecule has 0 fully saturated rings. The lowest BCUT2D eigenvalue weighted by Gasteiger charge is -2.10. The molecule has 0 aliphatic carbocycles. The lowest BCUT2D eigenvalue weighted by Crippen LogP contribution is -2.16.